The standard InChI is InChI=1S/C19H22F3NO3S/c1-13(2)12-14-6-4-5-7-17(14)27(25,26)23-16-10-8-15(9-11-16)18(3,24)19(20,21)22/h4-11,13,23-24H,12H2,1-3H3. The second-order valence-electron chi connectivity index (χ2n) is 6.96. The summed E-state index contributed by atoms with van der Waals surface area (Å²) in [5.74, 6) is 0.255. The Labute approximate surface area is 157 Å². The van der Waals surface area contributed by atoms with E-state index < -0.39 is 21.8 Å². The summed E-state index contributed by atoms with van der Waals surface area (Å²) >= 11 is 0. The van der Waals surface area contributed by atoms with Crippen molar-refractivity contribution in [2.45, 2.75) is 43.9 Å². The predicted molar refractivity (Wildman–Crippen MR) is 97.9 cm³/mol. The fourth-order valence-corrected chi connectivity index (χ4v) is 3.92. The number of hydrogen-bond donors (Lipinski definition) is 2. The van der Waals surface area contributed by atoms with E-state index >= 15 is 0 Å². The van der Waals surface area contributed by atoms with Crippen molar-refractivity contribution in [3.05, 3.63) is 59.7 Å². The first-order valence-electron chi connectivity index (χ1n) is 8.35. The van der Waals surface area contributed by atoms with Crippen LogP contribution in [0.2, 0.25) is 0 Å². The summed E-state index contributed by atoms with van der Waals surface area (Å²) in [6.45, 7) is 4.60. The molecule has 0 aliphatic rings. The van der Waals surface area contributed by atoms with Gasteiger partial charge in [0.05, 0.1) is 4.90 Å². The van der Waals surface area contributed by atoms with E-state index in [1.54, 1.807) is 18.2 Å². The molecule has 2 N–H and O–H groups in total. The lowest BCUT2D eigenvalue weighted by Gasteiger charge is -2.26. The summed E-state index contributed by atoms with van der Waals surface area (Å²) in [5, 5.41) is 9.68. The van der Waals surface area contributed by atoms with Gasteiger partial charge in [-0.2, -0.15) is 13.2 Å². The van der Waals surface area contributed by atoms with Crippen molar-refractivity contribution in [3.8, 4) is 0 Å². The molecule has 0 bridgehead atoms. The highest BCUT2D eigenvalue weighted by molar-refractivity contribution is 7.92. The van der Waals surface area contributed by atoms with Gasteiger partial charge in [0.15, 0.2) is 5.60 Å². The van der Waals surface area contributed by atoms with E-state index in [1.165, 1.54) is 18.2 Å². The van der Waals surface area contributed by atoms with Gasteiger partial charge in [-0.15, -0.1) is 0 Å². The van der Waals surface area contributed by atoms with Crippen molar-refractivity contribution in [1.29, 1.82) is 0 Å². The lowest BCUT2D eigenvalue weighted by atomic mass is 9.95. The Balaban J connectivity index is 2.30. The van der Waals surface area contributed by atoms with Crippen LogP contribution in [0.4, 0.5) is 18.9 Å². The number of alkyl halides is 3. The van der Waals surface area contributed by atoms with E-state index in [0.29, 0.717) is 18.9 Å². The molecule has 1 unspecified atom stereocenters. The van der Waals surface area contributed by atoms with E-state index in [-0.39, 0.29) is 22.1 Å². The first-order chi connectivity index (χ1) is 12.3. The Morgan fingerprint density at radius 1 is 1.04 bits per heavy atom. The van der Waals surface area contributed by atoms with Crippen molar-refractivity contribution in [1.82, 2.24) is 0 Å². The zero-order chi connectivity index (χ0) is 20.5. The molecule has 0 spiro atoms. The maximum Gasteiger partial charge on any atom is 0.421 e. The van der Waals surface area contributed by atoms with Crippen LogP contribution in [0.25, 0.3) is 0 Å². The zero-order valence-corrected chi connectivity index (χ0v) is 16.0. The zero-order valence-electron chi connectivity index (χ0n) is 15.2. The molecule has 0 saturated heterocycles. The Hall–Kier alpha value is -2.06. The fourth-order valence-electron chi connectivity index (χ4n) is 2.61. The number of nitrogens with one attached hydrogen (secondary N) is 1. The van der Waals surface area contributed by atoms with Crippen molar-refractivity contribution < 1.29 is 26.7 Å². The molecular weight excluding hydrogens is 379 g/mol. The van der Waals surface area contributed by atoms with Gasteiger partial charge in [-0.3, -0.25) is 4.72 Å². The Bertz CT molecular complexity index is 889. The molecular formula is C19H22F3NO3S. The summed E-state index contributed by atoms with van der Waals surface area (Å²) < 4.78 is 66.5. The van der Waals surface area contributed by atoms with Crippen molar-refractivity contribution >= 4 is 15.7 Å². The smallest absolute Gasteiger partial charge is 0.376 e. The van der Waals surface area contributed by atoms with Gasteiger partial charge in [0, 0.05) is 5.69 Å². The van der Waals surface area contributed by atoms with E-state index in [4.69, 9.17) is 0 Å². The Kier molecular flexibility index (Phi) is 5.91. The molecule has 0 saturated carbocycles. The number of aliphatic hydroxyl groups is 1. The molecule has 0 fully saturated rings. The minimum atomic E-state index is -4.84. The molecule has 0 amide bonds. The molecule has 0 radical (unpaired) electrons. The first kappa shape index (κ1) is 21.2. The van der Waals surface area contributed by atoms with E-state index in [9.17, 15) is 26.7 Å². The Morgan fingerprint density at radius 3 is 2.11 bits per heavy atom. The molecule has 0 aliphatic heterocycles. The van der Waals surface area contributed by atoms with Gasteiger partial charge < -0.3 is 5.11 Å². The summed E-state index contributed by atoms with van der Waals surface area (Å²) in [6, 6.07) is 11.1. The van der Waals surface area contributed by atoms with Crippen molar-refractivity contribution in [3.63, 3.8) is 0 Å². The third kappa shape index (κ3) is 4.81. The molecule has 2 aromatic rings. The number of halogens is 3. The van der Waals surface area contributed by atoms with Crippen LogP contribution >= 0.6 is 0 Å². The Morgan fingerprint density at radius 2 is 1.59 bits per heavy atom. The minimum absolute atomic E-state index is 0.107. The average molecular weight is 401 g/mol. The highest BCUT2D eigenvalue weighted by Gasteiger charge is 2.51. The number of benzene rings is 2. The van der Waals surface area contributed by atoms with Crippen molar-refractivity contribution in [2.75, 3.05) is 4.72 Å². The molecule has 1 atom stereocenters. The van der Waals surface area contributed by atoms with Crippen LogP contribution in [0.1, 0.15) is 31.9 Å². The quantitative estimate of drug-likeness (QED) is 0.751. The highest BCUT2D eigenvalue weighted by Crippen LogP contribution is 2.38. The third-order valence-electron chi connectivity index (χ3n) is 4.14. The number of hydrogen-bond acceptors (Lipinski definition) is 3. The molecule has 2 rings (SSSR count). The highest BCUT2D eigenvalue weighted by atomic mass is 32.2. The second kappa shape index (κ2) is 7.52. The van der Waals surface area contributed by atoms with Gasteiger partial charge in [0.25, 0.3) is 10.0 Å². The summed E-state index contributed by atoms with van der Waals surface area (Å²) in [5.41, 5.74) is -2.63. The lowest BCUT2D eigenvalue weighted by molar-refractivity contribution is -0.258. The maximum absolute atomic E-state index is 12.9. The molecule has 148 valence electrons. The monoisotopic (exact) mass is 401 g/mol. The largest absolute Gasteiger partial charge is 0.421 e. The first-order valence-corrected chi connectivity index (χ1v) is 9.83. The summed E-state index contributed by atoms with van der Waals surface area (Å²) in [6.07, 6.45) is -4.27. The van der Waals surface area contributed by atoms with Crippen LogP contribution in [0, 0.1) is 5.92 Å². The van der Waals surface area contributed by atoms with Gasteiger partial charge in [0.1, 0.15) is 0 Å². The van der Waals surface area contributed by atoms with Crippen LogP contribution in [0.15, 0.2) is 53.4 Å². The molecule has 0 aromatic heterocycles. The van der Waals surface area contributed by atoms with Crippen LogP contribution in [0.5, 0.6) is 0 Å². The minimum Gasteiger partial charge on any atom is -0.376 e. The van der Waals surface area contributed by atoms with Crippen LogP contribution < -0.4 is 4.72 Å². The fraction of sp³-hybridized carbons (Fsp3) is 0.368. The average Bonchev–Trinajstić information content (AvgIpc) is 2.53. The molecule has 27 heavy (non-hydrogen) atoms. The van der Waals surface area contributed by atoms with Crippen LogP contribution in [0.3, 0.4) is 0 Å². The molecule has 0 heterocycles. The summed E-state index contributed by atoms with van der Waals surface area (Å²) in [4.78, 5) is 0.130. The van der Waals surface area contributed by atoms with Gasteiger partial charge in [-0.25, -0.2) is 8.42 Å². The van der Waals surface area contributed by atoms with E-state index in [1.807, 2.05) is 13.8 Å². The van der Waals surface area contributed by atoms with Crippen molar-refractivity contribution in [2.24, 2.45) is 5.92 Å². The number of sulfonamides is 1. The normalized spacial score (nSPS) is 14.8. The van der Waals surface area contributed by atoms with Crippen LogP contribution in [-0.2, 0) is 22.0 Å². The number of rotatable bonds is 6. The second-order valence-corrected chi connectivity index (χ2v) is 8.61. The van der Waals surface area contributed by atoms with Gasteiger partial charge in [-0.1, -0.05) is 44.2 Å². The van der Waals surface area contributed by atoms with Gasteiger partial charge >= 0.3 is 6.18 Å². The van der Waals surface area contributed by atoms with E-state index in [2.05, 4.69) is 4.72 Å². The lowest BCUT2D eigenvalue weighted by Crippen LogP contribution is -2.39. The third-order valence-corrected chi connectivity index (χ3v) is 5.62. The SMILES string of the molecule is CC(C)Cc1ccccc1S(=O)(=O)Nc1ccc(C(C)(O)C(F)(F)F)cc1. The van der Waals surface area contributed by atoms with Gasteiger partial charge in [-0.05, 0) is 48.6 Å². The van der Waals surface area contributed by atoms with Crippen LogP contribution in [-0.4, -0.2) is 19.7 Å². The number of anilines is 1. The predicted octanol–water partition coefficient (Wildman–Crippen LogP) is 4.46. The maximum atomic E-state index is 12.9. The summed E-state index contributed by atoms with van der Waals surface area (Å²) in [7, 11) is -3.90. The molecule has 8 heteroatoms. The molecule has 2 aromatic carbocycles. The molecule has 4 nitrogen and oxygen atoms in total. The topological polar surface area (TPSA) is 66.4 Å². The molecule has 0 aliphatic carbocycles. The van der Waals surface area contributed by atoms with Gasteiger partial charge in [0.2, 0.25) is 0 Å². The van der Waals surface area contributed by atoms with E-state index in [0.717, 1.165) is 12.1 Å².